The minimum atomic E-state index is -0.688. The number of esters is 1. The number of amides is 2. The summed E-state index contributed by atoms with van der Waals surface area (Å²) in [6.07, 6.45) is 4.68. The molecule has 0 saturated heterocycles. The van der Waals surface area contributed by atoms with Crippen LogP contribution in [0.25, 0.3) is 22.3 Å². The van der Waals surface area contributed by atoms with Crippen LogP contribution in [0.2, 0.25) is 5.02 Å². The molecule has 2 heterocycles. The van der Waals surface area contributed by atoms with Gasteiger partial charge in [0.05, 0.1) is 27.8 Å². The lowest BCUT2D eigenvalue weighted by atomic mass is 10.2. The van der Waals surface area contributed by atoms with Gasteiger partial charge in [0.2, 0.25) is 5.91 Å². The lowest BCUT2D eigenvalue weighted by molar-refractivity contribution is -0.148. The third kappa shape index (κ3) is 6.93. The zero-order valence-electron chi connectivity index (χ0n) is 19.8. The van der Waals surface area contributed by atoms with Gasteiger partial charge in [0.25, 0.3) is 5.91 Å². The van der Waals surface area contributed by atoms with Crippen LogP contribution in [0.3, 0.4) is 0 Å². The van der Waals surface area contributed by atoms with E-state index in [0.717, 1.165) is 21.8 Å². The third-order valence-electron chi connectivity index (χ3n) is 5.21. The Morgan fingerprint density at radius 2 is 1.84 bits per heavy atom. The van der Waals surface area contributed by atoms with Crippen molar-refractivity contribution in [1.82, 2.24) is 14.7 Å². The van der Waals surface area contributed by atoms with Gasteiger partial charge in [-0.25, -0.2) is 9.48 Å². The highest BCUT2D eigenvalue weighted by atomic mass is 35.5. The van der Waals surface area contributed by atoms with Gasteiger partial charge in [0.15, 0.2) is 6.61 Å². The Hall–Kier alpha value is -4.21. The number of likely N-dealkylation sites (N-methyl/N-ethyl adjacent to an activating group) is 1. The van der Waals surface area contributed by atoms with E-state index in [4.69, 9.17) is 16.3 Å². The maximum absolute atomic E-state index is 12.4. The Bertz CT molecular complexity index is 1420. The van der Waals surface area contributed by atoms with E-state index in [1.807, 2.05) is 54.0 Å². The number of aromatic nitrogens is 2. The van der Waals surface area contributed by atoms with Gasteiger partial charge < -0.3 is 15.0 Å². The average Bonchev–Trinajstić information content (AvgIpc) is 3.58. The summed E-state index contributed by atoms with van der Waals surface area (Å²) in [5.74, 6) is -1.63. The fourth-order valence-electron chi connectivity index (χ4n) is 3.33. The molecule has 0 bridgehead atoms. The van der Waals surface area contributed by atoms with E-state index in [1.165, 1.54) is 18.0 Å². The summed E-state index contributed by atoms with van der Waals surface area (Å²) in [5.41, 5.74) is 2.78. The minimum Gasteiger partial charge on any atom is -0.452 e. The molecule has 4 rings (SSSR count). The monoisotopic (exact) mass is 534 g/mol. The highest BCUT2D eigenvalue weighted by Gasteiger charge is 2.16. The van der Waals surface area contributed by atoms with E-state index in [0.29, 0.717) is 10.7 Å². The Balaban J connectivity index is 1.34. The van der Waals surface area contributed by atoms with Crippen molar-refractivity contribution >= 4 is 52.5 Å². The molecule has 0 atom stereocenters. The molecule has 0 spiro atoms. The Kier molecular flexibility index (Phi) is 8.50. The van der Waals surface area contributed by atoms with Crippen molar-refractivity contribution in [2.45, 2.75) is 0 Å². The summed E-state index contributed by atoms with van der Waals surface area (Å²) < 4.78 is 6.84. The molecular formula is C27H23ClN4O4S. The number of benzene rings is 2. The zero-order chi connectivity index (χ0) is 26.2. The maximum atomic E-state index is 12.4. The van der Waals surface area contributed by atoms with Crippen LogP contribution < -0.4 is 5.32 Å². The van der Waals surface area contributed by atoms with Crippen molar-refractivity contribution in [2.75, 3.05) is 25.5 Å². The molecule has 1 N–H and O–H groups in total. The van der Waals surface area contributed by atoms with Gasteiger partial charge in [-0.2, -0.15) is 5.10 Å². The van der Waals surface area contributed by atoms with Gasteiger partial charge in [-0.3, -0.25) is 9.59 Å². The van der Waals surface area contributed by atoms with Crippen molar-refractivity contribution < 1.29 is 19.1 Å². The minimum absolute atomic E-state index is 0.222. The predicted octanol–water partition coefficient (Wildman–Crippen LogP) is 4.91. The van der Waals surface area contributed by atoms with Gasteiger partial charge in [0, 0.05) is 24.9 Å². The van der Waals surface area contributed by atoms with Crippen LogP contribution in [0.15, 0.2) is 84.4 Å². The number of ether oxygens (including phenoxy) is 1. The van der Waals surface area contributed by atoms with Crippen LogP contribution in [-0.2, 0) is 19.1 Å². The van der Waals surface area contributed by atoms with Gasteiger partial charge in [-0.1, -0.05) is 48.0 Å². The molecule has 10 heteroatoms. The summed E-state index contributed by atoms with van der Waals surface area (Å²) in [4.78, 5) is 39.0. The first-order valence-electron chi connectivity index (χ1n) is 11.2. The second kappa shape index (κ2) is 12.2. The van der Waals surface area contributed by atoms with Crippen molar-refractivity contribution in [1.29, 1.82) is 0 Å². The van der Waals surface area contributed by atoms with E-state index < -0.39 is 24.4 Å². The highest BCUT2D eigenvalue weighted by molar-refractivity contribution is 7.13. The van der Waals surface area contributed by atoms with E-state index in [-0.39, 0.29) is 6.54 Å². The van der Waals surface area contributed by atoms with Crippen LogP contribution in [0.5, 0.6) is 0 Å². The lowest BCUT2D eigenvalue weighted by Gasteiger charge is -2.16. The van der Waals surface area contributed by atoms with Gasteiger partial charge >= 0.3 is 5.97 Å². The molecule has 0 saturated carbocycles. The molecule has 2 amide bonds. The molecule has 2 aromatic carbocycles. The number of carbonyl (C=O) groups excluding carboxylic acids is 3. The molecule has 188 valence electrons. The number of halogens is 1. The first-order valence-corrected chi connectivity index (χ1v) is 12.5. The number of thiophene rings is 1. The molecule has 0 aliphatic heterocycles. The maximum Gasteiger partial charge on any atom is 0.331 e. The number of nitrogens with one attached hydrogen (secondary N) is 1. The van der Waals surface area contributed by atoms with Crippen molar-refractivity contribution in [3.05, 3.63) is 95.0 Å². The van der Waals surface area contributed by atoms with Gasteiger partial charge in [-0.15, -0.1) is 11.3 Å². The number of nitrogens with zero attached hydrogens (tertiary/aromatic N) is 3. The Morgan fingerprint density at radius 1 is 1.08 bits per heavy atom. The summed E-state index contributed by atoms with van der Waals surface area (Å²) in [6.45, 7) is -0.722. The van der Waals surface area contributed by atoms with Crippen molar-refractivity contribution in [3.8, 4) is 16.3 Å². The van der Waals surface area contributed by atoms with E-state index >= 15 is 0 Å². The molecular weight excluding hydrogens is 512 g/mol. The molecule has 0 fully saturated rings. The number of hydrogen-bond donors (Lipinski definition) is 1. The third-order valence-corrected chi connectivity index (χ3v) is 6.42. The highest BCUT2D eigenvalue weighted by Crippen LogP contribution is 2.28. The summed E-state index contributed by atoms with van der Waals surface area (Å²) in [6, 6.07) is 20.3. The largest absolute Gasteiger partial charge is 0.452 e. The fraction of sp³-hybridized carbons (Fsp3) is 0.111. The molecule has 37 heavy (non-hydrogen) atoms. The predicted molar refractivity (Wildman–Crippen MR) is 145 cm³/mol. The first-order chi connectivity index (χ1) is 17.9. The standard InChI is InChI=1S/C27H23ClN4O4S/c1-31(17-24(33)29-22-11-6-5-10-21(22)28)25(34)18-36-26(35)14-13-19-16-32(20-8-3-2-4-9-20)30-27(19)23-12-7-15-37-23/h2-16H,17-18H2,1H3,(H,29,33). The van der Waals surface area contributed by atoms with Crippen LogP contribution in [0.1, 0.15) is 5.56 Å². The van der Waals surface area contributed by atoms with E-state index in [2.05, 4.69) is 10.4 Å². The molecule has 0 aliphatic carbocycles. The van der Waals surface area contributed by atoms with Crippen LogP contribution >= 0.6 is 22.9 Å². The molecule has 8 nitrogen and oxygen atoms in total. The second-order valence-electron chi connectivity index (χ2n) is 7.91. The van der Waals surface area contributed by atoms with Crippen LogP contribution in [-0.4, -0.2) is 52.7 Å². The van der Waals surface area contributed by atoms with Crippen LogP contribution in [0.4, 0.5) is 5.69 Å². The fourth-order valence-corrected chi connectivity index (χ4v) is 4.25. The number of anilines is 1. The van der Waals surface area contributed by atoms with E-state index in [1.54, 1.807) is 46.4 Å². The lowest BCUT2D eigenvalue weighted by Crippen LogP contribution is -2.37. The van der Waals surface area contributed by atoms with E-state index in [9.17, 15) is 14.4 Å². The molecule has 2 aromatic heterocycles. The summed E-state index contributed by atoms with van der Waals surface area (Å²) in [7, 11) is 1.45. The summed E-state index contributed by atoms with van der Waals surface area (Å²) in [5, 5.41) is 9.66. The second-order valence-corrected chi connectivity index (χ2v) is 9.26. The summed E-state index contributed by atoms with van der Waals surface area (Å²) >= 11 is 7.57. The number of carbonyl (C=O) groups is 3. The molecule has 4 aromatic rings. The average molecular weight is 535 g/mol. The van der Waals surface area contributed by atoms with Crippen LogP contribution in [0, 0.1) is 0 Å². The Morgan fingerprint density at radius 3 is 2.57 bits per heavy atom. The number of rotatable bonds is 9. The quantitative estimate of drug-likeness (QED) is 0.243. The SMILES string of the molecule is CN(CC(=O)Nc1ccccc1Cl)C(=O)COC(=O)C=Cc1cn(-c2ccccc2)nc1-c1cccs1. The van der Waals surface area contributed by atoms with Crippen molar-refractivity contribution in [3.63, 3.8) is 0 Å². The van der Waals surface area contributed by atoms with Gasteiger partial charge in [-0.05, 0) is 41.8 Å². The van der Waals surface area contributed by atoms with Crippen molar-refractivity contribution in [2.24, 2.45) is 0 Å². The normalized spacial score (nSPS) is 10.9. The topological polar surface area (TPSA) is 93.5 Å². The smallest absolute Gasteiger partial charge is 0.331 e. The Labute approximate surface area is 222 Å². The number of hydrogen-bond acceptors (Lipinski definition) is 6. The van der Waals surface area contributed by atoms with Gasteiger partial charge in [0.1, 0.15) is 5.69 Å². The first kappa shape index (κ1) is 25.9. The zero-order valence-corrected chi connectivity index (χ0v) is 21.4. The molecule has 0 radical (unpaired) electrons. The molecule has 0 aliphatic rings. The molecule has 0 unspecified atom stereocenters. The number of para-hydroxylation sites is 2.